The number of rotatable bonds is 8. The number of anilines is 3. The Balaban J connectivity index is 1.42. The lowest BCUT2D eigenvalue weighted by atomic mass is 9.77. The van der Waals surface area contributed by atoms with Gasteiger partial charge in [-0.25, -0.2) is 0 Å². The van der Waals surface area contributed by atoms with Crippen LogP contribution in [0, 0.1) is 11.3 Å². The number of nitrogens with two attached hydrogens (primary N) is 1. The molecule has 1 saturated carbocycles. The minimum absolute atomic E-state index is 0.106. The second-order valence-corrected chi connectivity index (χ2v) is 11.4. The van der Waals surface area contributed by atoms with E-state index in [2.05, 4.69) is 48.2 Å². The van der Waals surface area contributed by atoms with Crippen LogP contribution in [0.1, 0.15) is 87.6 Å². The highest BCUT2D eigenvalue weighted by molar-refractivity contribution is 6.10. The second kappa shape index (κ2) is 11.4. The predicted molar refractivity (Wildman–Crippen MR) is 144 cm³/mol. The summed E-state index contributed by atoms with van der Waals surface area (Å²) in [6.45, 7) is 8.01. The van der Waals surface area contributed by atoms with Crippen molar-refractivity contribution >= 4 is 29.3 Å². The minimum Gasteiger partial charge on any atom is -0.481 e. The Morgan fingerprint density at radius 3 is 2.51 bits per heavy atom. The zero-order chi connectivity index (χ0) is 26.6. The van der Waals surface area contributed by atoms with E-state index in [1.807, 2.05) is 12.1 Å². The van der Waals surface area contributed by atoms with Crippen molar-refractivity contribution in [3.63, 3.8) is 0 Å². The highest BCUT2D eigenvalue weighted by Gasteiger charge is 2.30. The van der Waals surface area contributed by atoms with Gasteiger partial charge in [0.15, 0.2) is 0 Å². The Morgan fingerprint density at radius 1 is 1.16 bits per heavy atom. The molecule has 0 atom stereocenters. The molecule has 0 bridgehead atoms. The van der Waals surface area contributed by atoms with E-state index in [4.69, 9.17) is 15.6 Å². The van der Waals surface area contributed by atoms with Crippen LogP contribution >= 0.6 is 0 Å². The Hall–Kier alpha value is -3.36. The van der Waals surface area contributed by atoms with Crippen LogP contribution in [-0.2, 0) is 4.79 Å². The van der Waals surface area contributed by atoms with E-state index in [1.54, 1.807) is 4.90 Å². The molecule has 2 heterocycles. The van der Waals surface area contributed by atoms with Gasteiger partial charge in [0.25, 0.3) is 5.91 Å². The fourth-order valence-corrected chi connectivity index (χ4v) is 5.25. The molecule has 9 heteroatoms. The second-order valence-electron chi connectivity index (χ2n) is 11.4. The van der Waals surface area contributed by atoms with Gasteiger partial charge in [-0.15, -0.1) is 0 Å². The number of aromatic nitrogens is 2. The fraction of sp³-hybridized carbons (Fsp3) is 0.571. The molecule has 1 fully saturated rings. The lowest BCUT2D eigenvalue weighted by Gasteiger charge is -2.28. The largest absolute Gasteiger partial charge is 0.481 e. The van der Waals surface area contributed by atoms with Crippen LogP contribution in [0.3, 0.4) is 0 Å². The van der Waals surface area contributed by atoms with Gasteiger partial charge >= 0.3 is 5.97 Å². The predicted octanol–water partition coefficient (Wildman–Crippen LogP) is 5.08. The van der Waals surface area contributed by atoms with Gasteiger partial charge in [0.1, 0.15) is 18.0 Å². The summed E-state index contributed by atoms with van der Waals surface area (Å²) < 4.78 is 5.83. The first-order valence-corrected chi connectivity index (χ1v) is 13.3. The molecule has 0 spiro atoms. The third kappa shape index (κ3) is 6.90. The molecule has 200 valence electrons. The molecule has 0 saturated heterocycles. The number of carboxylic acids is 1. The standard InChI is InChI=1S/C28H39N5O4/c1-28(2,3)13-4-14-30-27-31-24(29)23-25(32-27)37-16-15-33(26(23)36)21-11-9-20(10-12-21)19-7-5-18(6-8-19)17-22(34)35/h9-12,18-19H,4-8,13-17H2,1-3H3,(H,34,35)(H3,29,30,31,32)/t18-,19-. The Labute approximate surface area is 218 Å². The van der Waals surface area contributed by atoms with Crippen molar-refractivity contribution in [1.29, 1.82) is 0 Å². The molecule has 1 amide bonds. The number of aliphatic carboxylic acids is 1. The van der Waals surface area contributed by atoms with Crippen LogP contribution in [0.25, 0.3) is 0 Å². The monoisotopic (exact) mass is 509 g/mol. The fourth-order valence-electron chi connectivity index (χ4n) is 5.25. The number of carbonyl (C=O) groups excluding carboxylic acids is 1. The lowest BCUT2D eigenvalue weighted by molar-refractivity contribution is -0.138. The highest BCUT2D eigenvalue weighted by Crippen LogP contribution is 2.38. The van der Waals surface area contributed by atoms with Gasteiger partial charge in [0.2, 0.25) is 11.8 Å². The smallest absolute Gasteiger partial charge is 0.303 e. The molecule has 2 aliphatic rings. The third-order valence-electron chi connectivity index (χ3n) is 7.29. The van der Waals surface area contributed by atoms with Gasteiger partial charge in [0, 0.05) is 18.7 Å². The first-order valence-electron chi connectivity index (χ1n) is 13.3. The molecule has 4 rings (SSSR count). The van der Waals surface area contributed by atoms with E-state index in [0.717, 1.165) is 44.2 Å². The zero-order valence-corrected chi connectivity index (χ0v) is 22.1. The van der Waals surface area contributed by atoms with E-state index >= 15 is 0 Å². The Morgan fingerprint density at radius 2 is 1.86 bits per heavy atom. The van der Waals surface area contributed by atoms with Crippen LogP contribution in [0.5, 0.6) is 5.88 Å². The molecule has 1 aromatic heterocycles. The number of fused-ring (bicyclic) bond motifs is 1. The highest BCUT2D eigenvalue weighted by atomic mass is 16.5. The average Bonchev–Trinajstić information content (AvgIpc) is 3.00. The number of nitrogen functional groups attached to an aromatic ring is 1. The number of ether oxygens (including phenoxy) is 1. The molecule has 0 unspecified atom stereocenters. The number of hydrogen-bond donors (Lipinski definition) is 3. The van der Waals surface area contributed by atoms with Crippen LogP contribution in [-0.4, -0.2) is 46.6 Å². The SMILES string of the molecule is CC(C)(C)CCCNc1nc(N)c2c(n1)OCCN(c1ccc([C@H]3CC[C@H](CC(=O)O)CC3)cc1)C2=O. The number of nitrogens with zero attached hydrogens (tertiary/aromatic N) is 3. The van der Waals surface area contributed by atoms with E-state index in [0.29, 0.717) is 31.6 Å². The van der Waals surface area contributed by atoms with Crippen molar-refractivity contribution < 1.29 is 19.4 Å². The van der Waals surface area contributed by atoms with Gasteiger partial charge in [0.05, 0.1) is 6.54 Å². The topological polar surface area (TPSA) is 131 Å². The number of benzene rings is 1. The molecular weight excluding hydrogens is 470 g/mol. The van der Waals surface area contributed by atoms with E-state index in [9.17, 15) is 9.59 Å². The first kappa shape index (κ1) is 26.7. The molecule has 1 aliphatic carbocycles. The molecular formula is C28H39N5O4. The lowest BCUT2D eigenvalue weighted by Crippen LogP contribution is -2.32. The van der Waals surface area contributed by atoms with E-state index in [-0.39, 0.29) is 40.9 Å². The average molecular weight is 510 g/mol. The van der Waals surface area contributed by atoms with E-state index < -0.39 is 5.97 Å². The zero-order valence-electron chi connectivity index (χ0n) is 22.1. The maximum atomic E-state index is 13.5. The summed E-state index contributed by atoms with van der Waals surface area (Å²) in [4.78, 5) is 34.9. The van der Waals surface area contributed by atoms with Crippen LogP contribution in [0.4, 0.5) is 17.5 Å². The minimum atomic E-state index is -0.713. The molecule has 0 radical (unpaired) electrons. The first-order chi connectivity index (χ1) is 17.6. The Bertz CT molecular complexity index is 1100. The van der Waals surface area contributed by atoms with Crippen LogP contribution in [0.2, 0.25) is 0 Å². The van der Waals surface area contributed by atoms with Crippen molar-refractivity contribution in [2.24, 2.45) is 11.3 Å². The normalized spacial score (nSPS) is 20.1. The van der Waals surface area contributed by atoms with Gasteiger partial charge in [-0.1, -0.05) is 32.9 Å². The van der Waals surface area contributed by atoms with Crippen LogP contribution in [0.15, 0.2) is 24.3 Å². The summed E-state index contributed by atoms with van der Waals surface area (Å²) in [6.07, 6.45) is 6.14. The van der Waals surface area contributed by atoms with Crippen molar-refractivity contribution in [2.45, 2.75) is 71.6 Å². The third-order valence-corrected chi connectivity index (χ3v) is 7.29. The number of nitrogens with one attached hydrogen (secondary N) is 1. The van der Waals surface area contributed by atoms with Crippen molar-refractivity contribution in [1.82, 2.24) is 9.97 Å². The molecule has 4 N–H and O–H groups in total. The quantitative estimate of drug-likeness (QED) is 0.420. The van der Waals surface area contributed by atoms with Gasteiger partial charge in [-0.05, 0) is 73.5 Å². The number of carbonyl (C=O) groups is 2. The van der Waals surface area contributed by atoms with Gasteiger partial charge in [-0.2, -0.15) is 9.97 Å². The summed E-state index contributed by atoms with van der Waals surface area (Å²) in [6, 6.07) is 8.07. The maximum absolute atomic E-state index is 13.5. The molecule has 37 heavy (non-hydrogen) atoms. The molecule has 1 aromatic carbocycles. The molecule has 1 aliphatic heterocycles. The molecule has 2 aromatic rings. The van der Waals surface area contributed by atoms with Crippen molar-refractivity contribution in [3.8, 4) is 5.88 Å². The number of carboxylic acid groups (broad SMARTS) is 1. The molecule has 9 nitrogen and oxygen atoms in total. The summed E-state index contributed by atoms with van der Waals surface area (Å²) in [5.41, 5.74) is 8.67. The number of amides is 1. The van der Waals surface area contributed by atoms with Crippen molar-refractivity contribution in [2.75, 3.05) is 35.6 Å². The Kier molecular flexibility index (Phi) is 8.19. The van der Waals surface area contributed by atoms with Gasteiger partial charge in [-0.3, -0.25) is 9.59 Å². The maximum Gasteiger partial charge on any atom is 0.303 e. The summed E-state index contributed by atoms with van der Waals surface area (Å²) in [5, 5.41) is 12.2. The van der Waals surface area contributed by atoms with Crippen LogP contribution < -0.4 is 20.7 Å². The number of hydrogen-bond acceptors (Lipinski definition) is 7. The summed E-state index contributed by atoms with van der Waals surface area (Å²) in [5.74, 6) is 0.397. The van der Waals surface area contributed by atoms with Gasteiger partial charge < -0.3 is 25.8 Å². The summed E-state index contributed by atoms with van der Waals surface area (Å²) >= 11 is 0. The summed E-state index contributed by atoms with van der Waals surface area (Å²) in [7, 11) is 0. The van der Waals surface area contributed by atoms with Crippen molar-refractivity contribution in [3.05, 3.63) is 35.4 Å². The van der Waals surface area contributed by atoms with E-state index in [1.165, 1.54) is 5.56 Å².